The molecule has 0 aliphatic carbocycles. The second-order valence-electron chi connectivity index (χ2n) is 5.76. The van der Waals surface area contributed by atoms with Gasteiger partial charge in [-0.15, -0.1) is 13.2 Å². The lowest BCUT2D eigenvalue weighted by Crippen LogP contribution is -2.44. The summed E-state index contributed by atoms with van der Waals surface area (Å²) in [5, 5.41) is 0. The molecule has 6 nitrogen and oxygen atoms in total. The van der Waals surface area contributed by atoms with Crippen LogP contribution >= 0.6 is 0 Å². The monoisotopic (exact) mass is 367 g/mol. The zero-order valence-electron chi connectivity index (χ0n) is 13.6. The maximum Gasteiger partial charge on any atom is 0.573 e. The molecule has 0 saturated carbocycles. The zero-order chi connectivity index (χ0) is 18.6. The van der Waals surface area contributed by atoms with Crippen LogP contribution in [0.4, 0.5) is 13.2 Å². The van der Waals surface area contributed by atoms with Gasteiger partial charge in [0.05, 0.1) is 6.54 Å². The van der Waals surface area contributed by atoms with E-state index in [1.165, 1.54) is 18.5 Å². The van der Waals surface area contributed by atoms with Crippen LogP contribution in [0.2, 0.25) is 0 Å². The largest absolute Gasteiger partial charge is 0.573 e. The minimum Gasteiger partial charge on any atom is -0.472 e. The second-order valence-corrected chi connectivity index (χ2v) is 5.76. The van der Waals surface area contributed by atoms with E-state index in [1.807, 2.05) is 0 Å². The maximum atomic E-state index is 12.6. The Morgan fingerprint density at radius 1 is 1.27 bits per heavy atom. The highest BCUT2D eigenvalue weighted by Crippen LogP contribution is 2.25. The van der Waals surface area contributed by atoms with Gasteiger partial charge in [0.1, 0.15) is 18.2 Å². The summed E-state index contributed by atoms with van der Waals surface area (Å²) in [7, 11) is 0. The molecule has 9 heteroatoms. The van der Waals surface area contributed by atoms with Crippen molar-refractivity contribution in [2.75, 3.05) is 13.1 Å². The molecule has 1 aromatic carbocycles. The van der Waals surface area contributed by atoms with Crippen molar-refractivity contribution in [2.45, 2.75) is 25.3 Å². The van der Waals surface area contributed by atoms with E-state index in [0.717, 1.165) is 25.0 Å². The van der Waals surface area contributed by atoms with Crippen molar-refractivity contribution in [3.8, 4) is 11.6 Å². The van der Waals surface area contributed by atoms with Crippen LogP contribution in [0.3, 0.4) is 0 Å². The third-order valence-electron chi connectivity index (χ3n) is 3.82. The standard InChI is InChI=1S/C17H16F3N3O3/c18-17(19,20)26-13-4-1-3-12(9-13)16(24)23-8-2-5-14(10-23)25-15-6-7-21-11-22-15/h1,3-4,6-7,9,11,14H,2,5,8,10H2/t14-/m0/s1. The topological polar surface area (TPSA) is 64.5 Å². The van der Waals surface area contributed by atoms with Crippen molar-refractivity contribution in [3.05, 3.63) is 48.4 Å². The molecule has 0 unspecified atom stereocenters. The molecule has 0 radical (unpaired) electrons. The number of benzene rings is 1. The molecule has 0 N–H and O–H groups in total. The number of carbonyl (C=O) groups excluding carboxylic acids is 1. The highest BCUT2D eigenvalue weighted by molar-refractivity contribution is 5.94. The van der Waals surface area contributed by atoms with E-state index in [-0.39, 0.29) is 17.6 Å². The molecule has 1 atom stereocenters. The lowest BCUT2D eigenvalue weighted by molar-refractivity contribution is -0.274. The minimum atomic E-state index is -4.80. The fraction of sp³-hybridized carbons (Fsp3) is 0.353. The normalized spacial score (nSPS) is 17.7. The zero-order valence-corrected chi connectivity index (χ0v) is 13.6. The van der Waals surface area contributed by atoms with Crippen LogP contribution in [0, 0.1) is 0 Å². The van der Waals surface area contributed by atoms with Gasteiger partial charge in [0.15, 0.2) is 0 Å². The van der Waals surface area contributed by atoms with Gasteiger partial charge in [-0.1, -0.05) is 6.07 Å². The predicted octanol–water partition coefficient (Wildman–Crippen LogP) is 3.06. The number of nitrogens with zero attached hydrogens (tertiary/aromatic N) is 3. The van der Waals surface area contributed by atoms with E-state index in [4.69, 9.17) is 4.74 Å². The molecule has 1 fully saturated rings. The lowest BCUT2D eigenvalue weighted by atomic mass is 10.1. The summed E-state index contributed by atoms with van der Waals surface area (Å²) in [6.07, 6.45) is -0.640. The first-order chi connectivity index (χ1) is 12.4. The van der Waals surface area contributed by atoms with Crippen LogP contribution in [0.25, 0.3) is 0 Å². The molecule has 1 aliphatic heterocycles. The summed E-state index contributed by atoms with van der Waals surface area (Å²) in [5.74, 6) is -0.373. The number of hydrogen-bond acceptors (Lipinski definition) is 5. The summed E-state index contributed by atoms with van der Waals surface area (Å²) in [5.41, 5.74) is 0.134. The number of carbonyl (C=O) groups is 1. The molecule has 1 aromatic heterocycles. The lowest BCUT2D eigenvalue weighted by Gasteiger charge is -2.32. The number of aromatic nitrogens is 2. The Balaban J connectivity index is 1.66. The van der Waals surface area contributed by atoms with Crippen molar-refractivity contribution >= 4 is 5.91 Å². The summed E-state index contributed by atoms with van der Waals surface area (Å²) >= 11 is 0. The fourth-order valence-electron chi connectivity index (χ4n) is 2.75. The molecule has 26 heavy (non-hydrogen) atoms. The van der Waals surface area contributed by atoms with Crippen LogP contribution in [-0.4, -0.2) is 46.3 Å². The number of rotatable bonds is 4. The van der Waals surface area contributed by atoms with Gasteiger partial charge in [-0.05, 0) is 31.0 Å². The molecule has 2 aromatic rings. The molecular weight excluding hydrogens is 351 g/mol. The SMILES string of the molecule is O=C(c1cccc(OC(F)(F)F)c1)N1CCC[C@H](Oc2ccncn2)C1. The number of piperidine rings is 1. The second kappa shape index (κ2) is 7.59. The van der Waals surface area contributed by atoms with Crippen molar-refractivity contribution in [1.29, 1.82) is 0 Å². The Morgan fingerprint density at radius 2 is 2.12 bits per heavy atom. The molecule has 1 amide bonds. The minimum absolute atomic E-state index is 0.134. The Labute approximate surface area is 147 Å². The van der Waals surface area contributed by atoms with Gasteiger partial charge in [0, 0.05) is 24.4 Å². The number of ether oxygens (including phenoxy) is 2. The van der Waals surface area contributed by atoms with Crippen LogP contribution in [0.1, 0.15) is 23.2 Å². The molecule has 138 valence electrons. The van der Waals surface area contributed by atoms with Crippen LogP contribution in [0.5, 0.6) is 11.6 Å². The Morgan fingerprint density at radius 3 is 2.85 bits per heavy atom. The van der Waals surface area contributed by atoms with Crippen LogP contribution < -0.4 is 9.47 Å². The van der Waals surface area contributed by atoms with Gasteiger partial charge < -0.3 is 14.4 Å². The van der Waals surface area contributed by atoms with Gasteiger partial charge >= 0.3 is 6.36 Å². The smallest absolute Gasteiger partial charge is 0.472 e. The first-order valence-electron chi connectivity index (χ1n) is 7.98. The first-order valence-corrected chi connectivity index (χ1v) is 7.98. The molecule has 1 saturated heterocycles. The van der Waals surface area contributed by atoms with E-state index < -0.39 is 12.1 Å². The Kier molecular flexibility index (Phi) is 5.24. The highest BCUT2D eigenvalue weighted by atomic mass is 19.4. The van der Waals surface area contributed by atoms with Gasteiger partial charge in [-0.2, -0.15) is 0 Å². The molecule has 1 aliphatic rings. The first kappa shape index (κ1) is 18.0. The summed E-state index contributed by atoms with van der Waals surface area (Å²) in [6.45, 7) is 0.833. The summed E-state index contributed by atoms with van der Waals surface area (Å²) in [4.78, 5) is 22.0. The van der Waals surface area contributed by atoms with E-state index >= 15 is 0 Å². The molecular formula is C17H16F3N3O3. The number of amides is 1. The predicted molar refractivity (Wildman–Crippen MR) is 84.7 cm³/mol. The third-order valence-corrected chi connectivity index (χ3v) is 3.82. The van der Waals surface area contributed by atoms with E-state index in [2.05, 4.69) is 14.7 Å². The van der Waals surface area contributed by atoms with Crippen molar-refractivity contribution in [1.82, 2.24) is 14.9 Å². The third kappa shape index (κ3) is 4.84. The number of halogens is 3. The highest BCUT2D eigenvalue weighted by Gasteiger charge is 2.32. The quantitative estimate of drug-likeness (QED) is 0.831. The van der Waals surface area contributed by atoms with Crippen molar-refractivity contribution in [3.63, 3.8) is 0 Å². The molecule has 0 bridgehead atoms. The van der Waals surface area contributed by atoms with Gasteiger partial charge in [-0.25, -0.2) is 9.97 Å². The van der Waals surface area contributed by atoms with E-state index in [9.17, 15) is 18.0 Å². The molecule has 3 rings (SSSR count). The van der Waals surface area contributed by atoms with Gasteiger partial charge in [-0.3, -0.25) is 4.79 Å². The average Bonchev–Trinajstić information content (AvgIpc) is 2.61. The number of hydrogen-bond donors (Lipinski definition) is 0. The van der Waals surface area contributed by atoms with Crippen molar-refractivity contribution < 1.29 is 27.4 Å². The van der Waals surface area contributed by atoms with Crippen molar-refractivity contribution in [2.24, 2.45) is 0 Å². The Bertz CT molecular complexity index is 756. The fourth-order valence-corrected chi connectivity index (χ4v) is 2.75. The van der Waals surface area contributed by atoms with Crippen LogP contribution in [-0.2, 0) is 0 Å². The molecule has 0 spiro atoms. The van der Waals surface area contributed by atoms with E-state index in [1.54, 1.807) is 17.2 Å². The Hall–Kier alpha value is -2.84. The average molecular weight is 367 g/mol. The van der Waals surface area contributed by atoms with E-state index in [0.29, 0.717) is 19.0 Å². The van der Waals surface area contributed by atoms with Gasteiger partial charge in [0.25, 0.3) is 5.91 Å². The maximum absolute atomic E-state index is 12.6. The van der Waals surface area contributed by atoms with Gasteiger partial charge in [0.2, 0.25) is 5.88 Å². The summed E-state index contributed by atoms with van der Waals surface area (Å²) in [6, 6.07) is 6.68. The summed E-state index contributed by atoms with van der Waals surface area (Å²) < 4.78 is 46.6. The number of alkyl halides is 3. The van der Waals surface area contributed by atoms with Crippen LogP contribution in [0.15, 0.2) is 42.9 Å². The molecule has 2 heterocycles. The number of likely N-dealkylation sites (tertiary alicyclic amines) is 1.